The highest BCUT2D eigenvalue weighted by atomic mass is 32.1. The van der Waals surface area contributed by atoms with Gasteiger partial charge in [-0.2, -0.15) is 11.3 Å². The molecule has 0 spiro atoms. The Bertz CT molecular complexity index is 629. The predicted octanol–water partition coefficient (Wildman–Crippen LogP) is 4.16. The smallest absolute Gasteiger partial charge is 0.289 e. The van der Waals surface area contributed by atoms with Gasteiger partial charge >= 0.3 is 0 Å². The van der Waals surface area contributed by atoms with Crippen LogP contribution in [0.3, 0.4) is 0 Å². The molecule has 2 aromatic rings. The van der Waals surface area contributed by atoms with Gasteiger partial charge in [0, 0.05) is 13.6 Å². The van der Waals surface area contributed by atoms with Gasteiger partial charge in [-0.3, -0.25) is 9.69 Å². The zero-order valence-electron chi connectivity index (χ0n) is 13.8. The molecule has 0 unspecified atom stereocenters. The van der Waals surface area contributed by atoms with Gasteiger partial charge in [0.25, 0.3) is 5.91 Å². The van der Waals surface area contributed by atoms with Crippen LogP contribution >= 0.6 is 11.3 Å². The van der Waals surface area contributed by atoms with Crippen LogP contribution in [-0.2, 0) is 6.54 Å². The molecule has 3 heterocycles. The topological polar surface area (TPSA) is 36.7 Å². The zero-order valence-corrected chi connectivity index (χ0v) is 14.6. The van der Waals surface area contributed by atoms with Crippen molar-refractivity contribution in [2.75, 3.05) is 20.1 Å². The van der Waals surface area contributed by atoms with Gasteiger partial charge in [-0.25, -0.2) is 0 Å². The molecule has 0 N–H and O–H groups in total. The Labute approximate surface area is 141 Å². The van der Waals surface area contributed by atoms with Crippen LogP contribution in [0.4, 0.5) is 0 Å². The molecule has 1 aliphatic heterocycles. The van der Waals surface area contributed by atoms with Crippen LogP contribution in [-0.4, -0.2) is 35.8 Å². The normalized spacial score (nSPS) is 17.1. The van der Waals surface area contributed by atoms with Crippen LogP contribution in [0.5, 0.6) is 0 Å². The maximum absolute atomic E-state index is 12.5. The summed E-state index contributed by atoms with van der Waals surface area (Å²) in [6.45, 7) is 5.00. The van der Waals surface area contributed by atoms with Crippen molar-refractivity contribution in [1.82, 2.24) is 9.80 Å². The first-order chi connectivity index (χ1) is 11.1. The molecule has 5 heteroatoms. The summed E-state index contributed by atoms with van der Waals surface area (Å²) in [6.07, 6.45) is 3.82. The SMILES string of the molecule is C[C@@H](c1ccc(C(=O)N(C)Cc2ccsc2)o1)N1CCCCC1. The van der Waals surface area contributed by atoms with E-state index in [9.17, 15) is 4.79 Å². The van der Waals surface area contributed by atoms with Gasteiger partial charge in [-0.05, 0) is 67.4 Å². The zero-order chi connectivity index (χ0) is 16.2. The first kappa shape index (κ1) is 16.3. The van der Waals surface area contributed by atoms with E-state index in [1.807, 2.05) is 30.6 Å². The van der Waals surface area contributed by atoms with Crippen LogP contribution in [0.1, 0.15) is 54.1 Å². The van der Waals surface area contributed by atoms with Crippen LogP contribution in [0.15, 0.2) is 33.4 Å². The summed E-state index contributed by atoms with van der Waals surface area (Å²) >= 11 is 1.65. The molecular formula is C18H24N2O2S. The molecule has 1 aliphatic rings. The number of likely N-dealkylation sites (tertiary alicyclic amines) is 1. The van der Waals surface area contributed by atoms with Crippen LogP contribution < -0.4 is 0 Å². The lowest BCUT2D eigenvalue weighted by Gasteiger charge is -2.31. The molecule has 1 saturated heterocycles. The van der Waals surface area contributed by atoms with E-state index in [0.29, 0.717) is 12.3 Å². The van der Waals surface area contributed by atoms with E-state index in [1.165, 1.54) is 19.3 Å². The molecule has 1 amide bonds. The summed E-state index contributed by atoms with van der Waals surface area (Å²) < 4.78 is 5.87. The quantitative estimate of drug-likeness (QED) is 0.825. The number of piperidine rings is 1. The van der Waals surface area contributed by atoms with E-state index in [0.717, 1.165) is 24.4 Å². The molecule has 0 aliphatic carbocycles. The third-order valence-corrected chi connectivity index (χ3v) is 5.27. The van der Waals surface area contributed by atoms with Crippen LogP contribution in [0.2, 0.25) is 0 Å². The molecule has 0 saturated carbocycles. The first-order valence-electron chi connectivity index (χ1n) is 8.25. The number of amides is 1. The number of hydrogen-bond acceptors (Lipinski definition) is 4. The predicted molar refractivity (Wildman–Crippen MR) is 92.7 cm³/mol. The summed E-state index contributed by atoms with van der Waals surface area (Å²) in [7, 11) is 1.82. The molecule has 1 fully saturated rings. The number of nitrogens with zero attached hydrogens (tertiary/aromatic N) is 2. The maximum atomic E-state index is 12.5. The van der Waals surface area contributed by atoms with Gasteiger partial charge in [-0.1, -0.05) is 6.42 Å². The summed E-state index contributed by atoms with van der Waals surface area (Å²) in [5.74, 6) is 1.26. The number of carbonyl (C=O) groups excluding carboxylic acids is 1. The standard InChI is InChI=1S/C18H24N2O2S/c1-14(20-9-4-3-5-10-20)16-6-7-17(22-16)18(21)19(2)12-15-8-11-23-13-15/h6-8,11,13-14H,3-5,9-10,12H2,1-2H3/t14-/m0/s1. The fraction of sp³-hybridized carbons (Fsp3) is 0.500. The Hall–Kier alpha value is -1.59. The second-order valence-corrected chi connectivity index (χ2v) is 7.05. The molecular weight excluding hydrogens is 308 g/mol. The van der Waals surface area contributed by atoms with Crippen molar-refractivity contribution in [2.45, 2.75) is 38.8 Å². The van der Waals surface area contributed by atoms with E-state index >= 15 is 0 Å². The van der Waals surface area contributed by atoms with E-state index in [2.05, 4.69) is 17.2 Å². The Balaban J connectivity index is 1.64. The lowest BCUT2D eigenvalue weighted by atomic mass is 10.1. The summed E-state index contributed by atoms with van der Waals surface area (Å²) in [4.78, 5) is 16.6. The second-order valence-electron chi connectivity index (χ2n) is 6.27. The van der Waals surface area contributed by atoms with Gasteiger partial charge in [0.15, 0.2) is 5.76 Å². The summed E-state index contributed by atoms with van der Waals surface area (Å²) in [5.41, 5.74) is 1.15. The minimum atomic E-state index is -0.0618. The second kappa shape index (κ2) is 7.32. The molecule has 0 radical (unpaired) electrons. The Kier molecular flexibility index (Phi) is 5.18. The average molecular weight is 332 g/mol. The highest BCUT2D eigenvalue weighted by Gasteiger charge is 2.23. The molecule has 4 nitrogen and oxygen atoms in total. The molecule has 3 rings (SSSR count). The summed E-state index contributed by atoms with van der Waals surface area (Å²) in [6, 6.07) is 6.03. The number of carbonyl (C=O) groups is 1. The highest BCUT2D eigenvalue weighted by molar-refractivity contribution is 7.07. The fourth-order valence-electron chi connectivity index (χ4n) is 3.09. The van der Waals surface area contributed by atoms with Gasteiger partial charge in [0.05, 0.1) is 6.04 Å². The Morgan fingerprint density at radius 1 is 1.30 bits per heavy atom. The van der Waals surface area contributed by atoms with Gasteiger partial charge < -0.3 is 9.32 Å². The summed E-state index contributed by atoms with van der Waals surface area (Å²) in [5, 5.41) is 4.09. The fourth-order valence-corrected chi connectivity index (χ4v) is 3.75. The number of hydrogen-bond donors (Lipinski definition) is 0. The van der Waals surface area contributed by atoms with Crippen molar-refractivity contribution in [2.24, 2.45) is 0 Å². The molecule has 0 aromatic carbocycles. The van der Waals surface area contributed by atoms with Crippen molar-refractivity contribution < 1.29 is 9.21 Å². The van der Waals surface area contributed by atoms with Crippen molar-refractivity contribution in [3.63, 3.8) is 0 Å². The molecule has 0 bridgehead atoms. The van der Waals surface area contributed by atoms with Crippen LogP contribution in [0, 0.1) is 0 Å². The van der Waals surface area contributed by atoms with Crippen molar-refractivity contribution >= 4 is 17.2 Å². The minimum Gasteiger partial charge on any atom is -0.454 e. The number of rotatable bonds is 5. The highest BCUT2D eigenvalue weighted by Crippen LogP contribution is 2.26. The molecule has 124 valence electrons. The lowest BCUT2D eigenvalue weighted by molar-refractivity contribution is 0.0745. The maximum Gasteiger partial charge on any atom is 0.289 e. The third kappa shape index (κ3) is 3.85. The van der Waals surface area contributed by atoms with E-state index in [1.54, 1.807) is 16.2 Å². The Morgan fingerprint density at radius 3 is 2.78 bits per heavy atom. The van der Waals surface area contributed by atoms with E-state index < -0.39 is 0 Å². The number of thiophene rings is 1. The van der Waals surface area contributed by atoms with E-state index in [4.69, 9.17) is 4.42 Å². The molecule has 2 aromatic heterocycles. The molecule has 23 heavy (non-hydrogen) atoms. The monoisotopic (exact) mass is 332 g/mol. The van der Waals surface area contributed by atoms with Crippen molar-refractivity contribution in [3.8, 4) is 0 Å². The minimum absolute atomic E-state index is 0.0618. The van der Waals surface area contributed by atoms with Crippen molar-refractivity contribution in [1.29, 1.82) is 0 Å². The third-order valence-electron chi connectivity index (χ3n) is 4.53. The van der Waals surface area contributed by atoms with Crippen LogP contribution in [0.25, 0.3) is 0 Å². The van der Waals surface area contributed by atoms with Gasteiger partial charge in [0.1, 0.15) is 5.76 Å². The van der Waals surface area contributed by atoms with E-state index in [-0.39, 0.29) is 11.9 Å². The average Bonchev–Trinajstić information content (AvgIpc) is 3.26. The van der Waals surface area contributed by atoms with Gasteiger partial charge in [-0.15, -0.1) is 0 Å². The van der Waals surface area contributed by atoms with Gasteiger partial charge in [0.2, 0.25) is 0 Å². The lowest BCUT2D eigenvalue weighted by Crippen LogP contribution is -2.32. The van der Waals surface area contributed by atoms with Crippen molar-refractivity contribution in [3.05, 3.63) is 46.0 Å². The largest absolute Gasteiger partial charge is 0.454 e. The number of furan rings is 1. The first-order valence-corrected chi connectivity index (χ1v) is 9.20. The Morgan fingerprint density at radius 2 is 2.09 bits per heavy atom. The molecule has 1 atom stereocenters.